The lowest BCUT2D eigenvalue weighted by Crippen LogP contribution is -2.48. The maximum Gasteiger partial charge on any atom is 0.337 e. The number of nitrogens with one attached hydrogen (secondary N) is 1. The van der Waals surface area contributed by atoms with Crippen LogP contribution in [0.1, 0.15) is 27.0 Å². The number of fused-ring (bicyclic) bond motifs is 1. The summed E-state index contributed by atoms with van der Waals surface area (Å²) in [5.74, 6) is -0.516. The van der Waals surface area contributed by atoms with E-state index in [1.54, 1.807) is 30.1 Å². The number of nitrogens with zero attached hydrogens (tertiary/aromatic N) is 4. The maximum absolute atomic E-state index is 13.0. The molecular weight excluding hydrogens is 532 g/mol. The smallest absolute Gasteiger partial charge is 0.337 e. The fraction of sp³-hybridized carbons (Fsp3) is 0.281. The third kappa shape index (κ3) is 6.20. The molecule has 1 fully saturated rings. The molecule has 218 valence electrons. The number of nitrogens with two attached hydrogens (primary N) is 1. The van der Waals surface area contributed by atoms with Crippen molar-refractivity contribution in [2.75, 3.05) is 58.8 Å². The van der Waals surface area contributed by atoms with Crippen molar-refractivity contribution in [1.82, 2.24) is 14.8 Å². The zero-order valence-corrected chi connectivity index (χ0v) is 24.1. The first-order chi connectivity index (χ1) is 20.3. The predicted molar refractivity (Wildman–Crippen MR) is 165 cm³/mol. The average molecular weight is 569 g/mol. The summed E-state index contributed by atoms with van der Waals surface area (Å²) in [4.78, 5) is 39.3. The largest absolute Gasteiger partial charge is 0.494 e. The molecule has 0 atom stereocenters. The van der Waals surface area contributed by atoms with Gasteiger partial charge in [-0.25, -0.2) is 9.79 Å². The molecule has 42 heavy (non-hydrogen) atoms. The van der Waals surface area contributed by atoms with Gasteiger partial charge in [-0.05, 0) is 55.1 Å². The first kappa shape index (κ1) is 29.0. The van der Waals surface area contributed by atoms with Crippen LogP contribution in [0.25, 0.3) is 10.9 Å². The SMILES string of the molecule is COC(=O)c1ccc2[nH]c(O)c(C(=Nc3ccc(N(C)C(=O)CN4CCN(C)CC4)cc3)c3ccc(CN)cc3)c2c1. The van der Waals surface area contributed by atoms with E-state index >= 15 is 0 Å². The number of rotatable bonds is 8. The number of esters is 1. The van der Waals surface area contributed by atoms with E-state index in [-0.39, 0.29) is 11.8 Å². The normalized spacial score (nSPS) is 14.7. The number of carbonyl (C=O) groups excluding carboxylic acids is 2. The van der Waals surface area contributed by atoms with Crippen LogP contribution in [-0.2, 0) is 16.1 Å². The molecule has 1 saturated heterocycles. The summed E-state index contributed by atoms with van der Waals surface area (Å²) < 4.78 is 4.91. The molecule has 1 aliphatic heterocycles. The fourth-order valence-corrected chi connectivity index (χ4v) is 5.05. The zero-order chi connectivity index (χ0) is 29.8. The summed E-state index contributed by atoms with van der Waals surface area (Å²) in [6, 6.07) is 20.1. The summed E-state index contributed by atoms with van der Waals surface area (Å²) in [6.07, 6.45) is 0. The Labute approximate surface area is 245 Å². The van der Waals surface area contributed by atoms with Crippen LogP contribution >= 0.6 is 0 Å². The maximum atomic E-state index is 13.0. The summed E-state index contributed by atoms with van der Waals surface area (Å²) in [6.45, 7) is 4.44. The number of H-pyrrole nitrogens is 1. The standard InChI is InChI=1S/C32H36N6O4/c1-36-14-16-38(17-15-36)20-28(39)37(2)25-11-9-24(10-12-25)34-30(22-6-4-21(19-33)5-7-22)29-26-18-23(32(41)42-3)8-13-27(26)35-31(29)40/h4-13,18,35,40H,14-17,19-20,33H2,1-3H3. The number of aromatic hydroxyl groups is 1. The zero-order valence-electron chi connectivity index (χ0n) is 24.1. The second kappa shape index (κ2) is 12.6. The van der Waals surface area contributed by atoms with E-state index < -0.39 is 5.97 Å². The lowest BCUT2D eigenvalue weighted by molar-refractivity contribution is -0.119. The number of amides is 1. The molecule has 2 heterocycles. The van der Waals surface area contributed by atoms with Crippen LogP contribution in [0.4, 0.5) is 11.4 Å². The van der Waals surface area contributed by atoms with Gasteiger partial charge < -0.3 is 30.4 Å². The Morgan fingerprint density at radius 1 is 1.00 bits per heavy atom. The molecule has 1 amide bonds. The van der Waals surface area contributed by atoms with Gasteiger partial charge in [-0.15, -0.1) is 0 Å². The van der Waals surface area contributed by atoms with Gasteiger partial charge >= 0.3 is 5.97 Å². The van der Waals surface area contributed by atoms with Gasteiger partial charge in [0.15, 0.2) is 5.88 Å². The van der Waals surface area contributed by atoms with Crippen LogP contribution in [0.3, 0.4) is 0 Å². The topological polar surface area (TPSA) is 127 Å². The van der Waals surface area contributed by atoms with E-state index in [0.29, 0.717) is 46.5 Å². The van der Waals surface area contributed by atoms with E-state index in [2.05, 4.69) is 21.8 Å². The minimum atomic E-state index is -0.476. The highest BCUT2D eigenvalue weighted by atomic mass is 16.5. The summed E-state index contributed by atoms with van der Waals surface area (Å²) in [5.41, 5.74) is 10.9. The lowest BCUT2D eigenvalue weighted by Gasteiger charge is -2.32. The monoisotopic (exact) mass is 568 g/mol. The molecule has 0 bridgehead atoms. The molecule has 4 aromatic rings. The molecule has 5 rings (SSSR count). The molecule has 0 spiro atoms. The number of benzene rings is 3. The summed E-state index contributed by atoms with van der Waals surface area (Å²) in [7, 11) is 5.20. The van der Waals surface area contributed by atoms with E-state index in [9.17, 15) is 14.7 Å². The number of likely N-dealkylation sites (N-methyl/N-ethyl adjacent to an activating group) is 2. The Morgan fingerprint density at radius 2 is 1.67 bits per heavy atom. The number of anilines is 1. The highest BCUT2D eigenvalue weighted by Crippen LogP contribution is 2.33. The van der Waals surface area contributed by atoms with Crippen molar-refractivity contribution in [3.8, 4) is 5.88 Å². The minimum absolute atomic E-state index is 0.0293. The van der Waals surface area contributed by atoms with E-state index in [0.717, 1.165) is 43.0 Å². The third-order valence-electron chi connectivity index (χ3n) is 7.71. The van der Waals surface area contributed by atoms with Gasteiger partial charge in [0.2, 0.25) is 5.91 Å². The van der Waals surface area contributed by atoms with Gasteiger partial charge in [-0.3, -0.25) is 9.69 Å². The highest BCUT2D eigenvalue weighted by molar-refractivity contribution is 6.22. The molecule has 10 nitrogen and oxygen atoms in total. The molecule has 0 unspecified atom stereocenters. The Balaban J connectivity index is 1.49. The van der Waals surface area contributed by atoms with Crippen molar-refractivity contribution in [3.05, 3.63) is 89.0 Å². The number of hydrogen-bond acceptors (Lipinski definition) is 8. The van der Waals surface area contributed by atoms with Crippen LogP contribution in [0.15, 0.2) is 71.7 Å². The van der Waals surface area contributed by atoms with Crippen LogP contribution < -0.4 is 10.6 Å². The Kier molecular flexibility index (Phi) is 8.67. The van der Waals surface area contributed by atoms with Crippen LogP contribution in [-0.4, -0.2) is 91.4 Å². The van der Waals surface area contributed by atoms with Crippen molar-refractivity contribution >= 4 is 39.9 Å². The van der Waals surface area contributed by atoms with Gasteiger partial charge in [-0.1, -0.05) is 24.3 Å². The molecule has 1 aliphatic rings. The van der Waals surface area contributed by atoms with Gasteiger partial charge in [0.25, 0.3) is 0 Å². The van der Waals surface area contributed by atoms with Crippen molar-refractivity contribution in [2.24, 2.45) is 10.7 Å². The van der Waals surface area contributed by atoms with Crippen LogP contribution in [0.5, 0.6) is 5.88 Å². The van der Waals surface area contributed by atoms with Gasteiger partial charge in [-0.2, -0.15) is 0 Å². The highest BCUT2D eigenvalue weighted by Gasteiger charge is 2.22. The quantitative estimate of drug-likeness (QED) is 0.219. The number of hydrogen-bond donors (Lipinski definition) is 3. The van der Waals surface area contributed by atoms with Crippen molar-refractivity contribution in [3.63, 3.8) is 0 Å². The molecular formula is C32H36N6O4. The number of ether oxygens (including phenoxy) is 1. The second-order valence-electron chi connectivity index (χ2n) is 10.5. The van der Waals surface area contributed by atoms with Gasteiger partial charge in [0, 0.05) is 61.9 Å². The number of methoxy groups -OCH3 is 1. The van der Waals surface area contributed by atoms with E-state index in [4.69, 9.17) is 15.5 Å². The molecule has 1 aromatic heterocycles. The van der Waals surface area contributed by atoms with Crippen molar-refractivity contribution in [1.29, 1.82) is 0 Å². The molecule has 0 radical (unpaired) electrons. The number of piperazine rings is 1. The van der Waals surface area contributed by atoms with E-state index in [1.807, 2.05) is 48.5 Å². The molecule has 0 aliphatic carbocycles. The van der Waals surface area contributed by atoms with Crippen molar-refractivity contribution in [2.45, 2.75) is 6.54 Å². The van der Waals surface area contributed by atoms with E-state index in [1.165, 1.54) is 7.11 Å². The molecule has 10 heteroatoms. The average Bonchev–Trinajstić information content (AvgIpc) is 3.35. The second-order valence-corrected chi connectivity index (χ2v) is 10.5. The number of aromatic amines is 1. The summed E-state index contributed by atoms with van der Waals surface area (Å²) in [5, 5.41) is 11.7. The Hall–Kier alpha value is -4.51. The molecule has 3 aromatic carbocycles. The van der Waals surface area contributed by atoms with Crippen LogP contribution in [0.2, 0.25) is 0 Å². The van der Waals surface area contributed by atoms with Crippen molar-refractivity contribution < 1.29 is 19.4 Å². The molecule has 4 N–H and O–H groups in total. The van der Waals surface area contributed by atoms with Gasteiger partial charge in [0.1, 0.15) is 0 Å². The number of aromatic nitrogens is 1. The molecule has 0 saturated carbocycles. The third-order valence-corrected chi connectivity index (χ3v) is 7.71. The Bertz CT molecular complexity index is 1600. The predicted octanol–water partition coefficient (Wildman–Crippen LogP) is 3.50. The fourth-order valence-electron chi connectivity index (χ4n) is 5.05. The van der Waals surface area contributed by atoms with Gasteiger partial charge in [0.05, 0.1) is 36.2 Å². The lowest BCUT2D eigenvalue weighted by atomic mass is 9.98. The van der Waals surface area contributed by atoms with Crippen LogP contribution in [0, 0.1) is 0 Å². The minimum Gasteiger partial charge on any atom is -0.494 e. The first-order valence-corrected chi connectivity index (χ1v) is 13.9. The number of carbonyl (C=O) groups is 2. The Morgan fingerprint density at radius 3 is 2.31 bits per heavy atom. The first-order valence-electron chi connectivity index (χ1n) is 13.9. The number of aliphatic imine (C=N–C) groups is 1. The summed E-state index contributed by atoms with van der Waals surface area (Å²) >= 11 is 0.